The van der Waals surface area contributed by atoms with Gasteiger partial charge in [0, 0.05) is 13.1 Å². The first-order chi connectivity index (χ1) is 5.71. The molecule has 1 aliphatic heterocycles. The molecule has 1 radical (unpaired) electrons. The first-order valence-electron chi connectivity index (χ1n) is 4.52. The summed E-state index contributed by atoms with van der Waals surface area (Å²) in [4.78, 5) is 0. The SMILES string of the molecule is O=S(=O)(C1CC1)N1C[CH]CCC1. The predicted octanol–water partition coefficient (Wildman–Crippen LogP) is 0.779. The smallest absolute Gasteiger partial charge is 0.212 e. The zero-order chi connectivity index (χ0) is 8.60. The standard InChI is InChI=1S/C8H14NO2S/c10-12(11,8-4-5-8)9-6-2-1-3-7-9/h2,8H,1,3-7H2. The molecule has 0 amide bonds. The molecule has 2 fully saturated rings. The van der Waals surface area contributed by atoms with E-state index in [4.69, 9.17) is 0 Å². The summed E-state index contributed by atoms with van der Waals surface area (Å²) in [5.74, 6) is 0. The van der Waals surface area contributed by atoms with E-state index in [0.29, 0.717) is 6.54 Å². The van der Waals surface area contributed by atoms with Gasteiger partial charge in [-0.15, -0.1) is 0 Å². The normalized spacial score (nSPS) is 27.3. The first kappa shape index (κ1) is 8.51. The van der Waals surface area contributed by atoms with Crippen LogP contribution < -0.4 is 0 Å². The number of sulfonamides is 1. The molecule has 0 aromatic rings. The van der Waals surface area contributed by atoms with E-state index in [1.165, 1.54) is 0 Å². The van der Waals surface area contributed by atoms with Crippen LogP contribution in [0.15, 0.2) is 0 Å². The van der Waals surface area contributed by atoms with Gasteiger partial charge >= 0.3 is 0 Å². The highest BCUT2D eigenvalue weighted by Crippen LogP contribution is 2.31. The van der Waals surface area contributed by atoms with Crippen LogP contribution >= 0.6 is 0 Å². The molecular formula is C8H14NO2S. The molecule has 1 aliphatic carbocycles. The molecular weight excluding hydrogens is 174 g/mol. The average Bonchev–Trinajstić information content (AvgIpc) is 2.88. The fourth-order valence-corrected chi connectivity index (χ4v) is 3.40. The molecule has 0 atom stereocenters. The Balaban J connectivity index is 2.05. The fourth-order valence-electron chi connectivity index (χ4n) is 1.55. The lowest BCUT2D eigenvalue weighted by atomic mass is 10.2. The van der Waals surface area contributed by atoms with Crippen molar-refractivity contribution in [2.75, 3.05) is 13.1 Å². The van der Waals surface area contributed by atoms with Crippen molar-refractivity contribution in [3.63, 3.8) is 0 Å². The van der Waals surface area contributed by atoms with E-state index in [9.17, 15) is 8.42 Å². The van der Waals surface area contributed by atoms with Crippen molar-refractivity contribution < 1.29 is 8.42 Å². The summed E-state index contributed by atoms with van der Waals surface area (Å²) >= 11 is 0. The molecule has 2 aliphatic rings. The van der Waals surface area contributed by atoms with Crippen molar-refractivity contribution in [3.05, 3.63) is 6.42 Å². The summed E-state index contributed by atoms with van der Waals surface area (Å²) in [5, 5.41) is -0.0380. The second-order valence-electron chi connectivity index (χ2n) is 3.53. The van der Waals surface area contributed by atoms with E-state index in [2.05, 4.69) is 6.42 Å². The van der Waals surface area contributed by atoms with Crippen LogP contribution in [0.1, 0.15) is 25.7 Å². The molecule has 1 heterocycles. The van der Waals surface area contributed by atoms with E-state index in [1.54, 1.807) is 4.31 Å². The Bertz CT molecular complexity index is 250. The molecule has 0 bridgehead atoms. The maximum Gasteiger partial charge on any atom is 0.216 e. The van der Waals surface area contributed by atoms with E-state index < -0.39 is 10.0 Å². The highest BCUT2D eigenvalue weighted by atomic mass is 32.2. The van der Waals surface area contributed by atoms with Crippen molar-refractivity contribution in [2.45, 2.75) is 30.9 Å². The molecule has 12 heavy (non-hydrogen) atoms. The maximum absolute atomic E-state index is 11.7. The first-order valence-corrected chi connectivity index (χ1v) is 6.02. The highest BCUT2D eigenvalue weighted by Gasteiger charge is 2.40. The molecule has 4 heteroatoms. The van der Waals surface area contributed by atoms with E-state index >= 15 is 0 Å². The van der Waals surface area contributed by atoms with Gasteiger partial charge in [0.15, 0.2) is 0 Å². The Hall–Kier alpha value is -0.0900. The van der Waals surface area contributed by atoms with Gasteiger partial charge in [0.2, 0.25) is 10.0 Å². The van der Waals surface area contributed by atoms with Gasteiger partial charge in [0.1, 0.15) is 0 Å². The van der Waals surface area contributed by atoms with Gasteiger partial charge in [-0.05, 0) is 32.1 Å². The third kappa shape index (κ3) is 1.50. The summed E-state index contributed by atoms with van der Waals surface area (Å²) < 4.78 is 24.9. The van der Waals surface area contributed by atoms with Crippen LogP contribution in [0.25, 0.3) is 0 Å². The summed E-state index contributed by atoms with van der Waals surface area (Å²) in [5.41, 5.74) is 0. The lowest BCUT2D eigenvalue weighted by molar-refractivity contribution is 0.390. The zero-order valence-corrected chi connectivity index (χ0v) is 7.89. The van der Waals surface area contributed by atoms with Crippen LogP contribution in [0, 0.1) is 6.42 Å². The topological polar surface area (TPSA) is 37.4 Å². The number of hydrogen-bond donors (Lipinski definition) is 0. The molecule has 0 spiro atoms. The predicted molar refractivity (Wildman–Crippen MR) is 47.0 cm³/mol. The molecule has 3 nitrogen and oxygen atoms in total. The quantitative estimate of drug-likeness (QED) is 0.642. The van der Waals surface area contributed by atoms with Crippen LogP contribution in [0.2, 0.25) is 0 Å². The molecule has 0 N–H and O–H groups in total. The van der Waals surface area contributed by atoms with Gasteiger partial charge in [0.05, 0.1) is 5.25 Å². The summed E-state index contributed by atoms with van der Waals surface area (Å²) in [6.45, 7) is 1.37. The Morgan fingerprint density at radius 1 is 1.33 bits per heavy atom. The van der Waals surface area contributed by atoms with Crippen LogP contribution in [-0.2, 0) is 10.0 Å². The van der Waals surface area contributed by atoms with Crippen LogP contribution in [0.5, 0.6) is 0 Å². The van der Waals surface area contributed by atoms with Crippen LogP contribution in [0.4, 0.5) is 0 Å². The van der Waals surface area contributed by atoms with Crippen LogP contribution in [0.3, 0.4) is 0 Å². The number of nitrogens with zero attached hydrogens (tertiary/aromatic N) is 1. The lowest BCUT2D eigenvalue weighted by Crippen LogP contribution is -2.37. The van der Waals surface area contributed by atoms with Crippen molar-refractivity contribution in [2.24, 2.45) is 0 Å². The molecule has 2 rings (SSSR count). The molecule has 0 aromatic carbocycles. The number of rotatable bonds is 2. The fraction of sp³-hybridized carbons (Fsp3) is 0.875. The largest absolute Gasteiger partial charge is 0.216 e. The second kappa shape index (κ2) is 3.00. The lowest BCUT2D eigenvalue weighted by Gasteiger charge is -2.25. The van der Waals surface area contributed by atoms with Gasteiger partial charge in [-0.25, -0.2) is 12.7 Å². The van der Waals surface area contributed by atoms with Gasteiger partial charge in [-0.3, -0.25) is 0 Å². The Morgan fingerprint density at radius 2 is 2.08 bits per heavy atom. The minimum Gasteiger partial charge on any atom is -0.212 e. The van der Waals surface area contributed by atoms with Crippen molar-refractivity contribution in [1.29, 1.82) is 0 Å². The van der Waals surface area contributed by atoms with Gasteiger partial charge in [-0.2, -0.15) is 0 Å². The van der Waals surface area contributed by atoms with Gasteiger partial charge < -0.3 is 0 Å². The van der Waals surface area contributed by atoms with E-state index in [-0.39, 0.29) is 5.25 Å². The summed E-state index contributed by atoms with van der Waals surface area (Å²) in [6.07, 6.45) is 5.86. The van der Waals surface area contributed by atoms with Crippen molar-refractivity contribution in [1.82, 2.24) is 4.31 Å². The van der Waals surface area contributed by atoms with Crippen LogP contribution in [-0.4, -0.2) is 31.1 Å². The maximum atomic E-state index is 11.7. The van der Waals surface area contributed by atoms with Gasteiger partial charge in [-0.1, -0.05) is 0 Å². The Labute approximate surface area is 73.8 Å². The van der Waals surface area contributed by atoms with E-state index in [1.807, 2.05) is 0 Å². The molecule has 69 valence electrons. The molecule has 1 saturated heterocycles. The molecule has 0 aromatic heterocycles. The second-order valence-corrected chi connectivity index (χ2v) is 5.75. The minimum atomic E-state index is -2.89. The minimum absolute atomic E-state index is 0.0380. The zero-order valence-electron chi connectivity index (χ0n) is 7.07. The summed E-state index contributed by atoms with van der Waals surface area (Å²) in [6, 6.07) is 0. The van der Waals surface area contributed by atoms with Gasteiger partial charge in [0.25, 0.3) is 0 Å². The Kier molecular flexibility index (Phi) is 2.12. The molecule has 1 saturated carbocycles. The van der Waals surface area contributed by atoms with E-state index in [0.717, 1.165) is 32.2 Å². The van der Waals surface area contributed by atoms with Crippen molar-refractivity contribution in [3.8, 4) is 0 Å². The number of hydrogen-bond acceptors (Lipinski definition) is 2. The highest BCUT2D eigenvalue weighted by molar-refractivity contribution is 7.90. The third-order valence-electron chi connectivity index (χ3n) is 2.45. The number of piperidine rings is 1. The summed E-state index contributed by atoms with van der Waals surface area (Å²) in [7, 11) is -2.89. The average molecular weight is 188 g/mol. The monoisotopic (exact) mass is 188 g/mol. The van der Waals surface area contributed by atoms with Crippen molar-refractivity contribution >= 4 is 10.0 Å². The third-order valence-corrected chi connectivity index (χ3v) is 4.82. The molecule has 0 unspecified atom stereocenters. The Morgan fingerprint density at radius 3 is 2.58 bits per heavy atom.